The van der Waals surface area contributed by atoms with E-state index in [2.05, 4.69) is 10.6 Å². The lowest BCUT2D eigenvalue weighted by molar-refractivity contribution is -0.135. The van der Waals surface area contributed by atoms with Crippen LogP contribution in [0, 0.1) is 5.92 Å². The van der Waals surface area contributed by atoms with Crippen molar-refractivity contribution in [3.63, 3.8) is 0 Å². The fourth-order valence-electron chi connectivity index (χ4n) is 2.12. The zero-order valence-electron chi connectivity index (χ0n) is 9.70. The Hall–Kier alpha value is -0.650. The minimum atomic E-state index is -0.335. The van der Waals surface area contributed by atoms with Gasteiger partial charge in [-0.15, -0.1) is 0 Å². The number of hydrogen-bond donors (Lipinski definition) is 2. The Bertz CT molecular complexity index is 235. The molecule has 3 unspecified atom stereocenters. The van der Waals surface area contributed by atoms with E-state index < -0.39 is 0 Å². The van der Waals surface area contributed by atoms with Crippen molar-refractivity contribution in [1.82, 2.24) is 10.6 Å². The largest absolute Gasteiger partial charge is 0.381 e. The fourth-order valence-corrected chi connectivity index (χ4v) is 2.12. The van der Waals surface area contributed by atoms with E-state index in [1.165, 1.54) is 0 Å². The highest BCUT2D eigenvalue weighted by Crippen LogP contribution is 2.16. The molecule has 0 aromatic rings. The molecule has 16 heavy (non-hydrogen) atoms. The van der Waals surface area contributed by atoms with E-state index in [1.54, 1.807) is 0 Å². The van der Waals surface area contributed by atoms with Crippen LogP contribution in [0.25, 0.3) is 0 Å². The highest BCUT2D eigenvalue weighted by atomic mass is 16.5. The van der Waals surface area contributed by atoms with E-state index in [0.717, 1.165) is 26.2 Å². The summed E-state index contributed by atoms with van der Waals surface area (Å²) >= 11 is 0. The zero-order chi connectivity index (χ0) is 11.4. The standard InChI is InChI=1S/C11H20N2O3/c1-8(9-2-4-15-7-9)13-11(14)10-6-12-3-5-16-10/h8-10,12H,2-7H2,1H3,(H,13,14). The molecule has 3 atom stereocenters. The molecule has 1 amide bonds. The number of rotatable bonds is 3. The normalized spacial score (nSPS) is 32.3. The van der Waals surface area contributed by atoms with Gasteiger partial charge in [0.05, 0.1) is 13.2 Å². The first-order valence-corrected chi connectivity index (χ1v) is 5.98. The second-order valence-corrected chi connectivity index (χ2v) is 4.48. The average Bonchev–Trinajstić information content (AvgIpc) is 2.83. The summed E-state index contributed by atoms with van der Waals surface area (Å²) in [6.45, 7) is 5.65. The summed E-state index contributed by atoms with van der Waals surface area (Å²) < 4.78 is 10.7. The first kappa shape index (κ1) is 11.8. The van der Waals surface area contributed by atoms with Gasteiger partial charge in [0.25, 0.3) is 5.91 Å². The number of hydrogen-bond acceptors (Lipinski definition) is 4. The van der Waals surface area contributed by atoms with Crippen molar-refractivity contribution in [3.05, 3.63) is 0 Å². The van der Waals surface area contributed by atoms with Crippen LogP contribution in [0.15, 0.2) is 0 Å². The molecule has 0 aromatic heterocycles. The van der Waals surface area contributed by atoms with E-state index >= 15 is 0 Å². The summed E-state index contributed by atoms with van der Waals surface area (Å²) in [4.78, 5) is 11.8. The fraction of sp³-hybridized carbons (Fsp3) is 0.909. The van der Waals surface area contributed by atoms with Gasteiger partial charge in [-0.05, 0) is 13.3 Å². The van der Waals surface area contributed by atoms with Crippen molar-refractivity contribution in [2.45, 2.75) is 25.5 Å². The summed E-state index contributed by atoms with van der Waals surface area (Å²) in [6.07, 6.45) is 0.698. The first-order chi connectivity index (χ1) is 7.77. The molecule has 2 heterocycles. The quantitative estimate of drug-likeness (QED) is 0.685. The molecule has 0 radical (unpaired) electrons. The molecule has 2 fully saturated rings. The molecule has 0 aliphatic carbocycles. The molecule has 92 valence electrons. The molecule has 0 bridgehead atoms. The van der Waals surface area contributed by atoms with Gasteiger partial charge in [0, 0.05) is 31.7 Å². The van der Waals surface area contributed by atoms with Crippen LogP contribution in [-0.2, 0) is 14.3 Å². The molecule has 5 nitrogen and oxygen atoms in total. The Morgan fingerprint density at radius 3 is 3.00 bits per heavy atom. The SMILES string of the molecule is CC(NC(=O)C1CNCCO1)C1CCOC1. The average molecular weight is 228 g/mol. The third-order valence-electron chi connectivity index (χ3n) is 3.26. The smallest absolute Gasteiger partial charge is 0.250 e. The molecule has 2 saturated heterocycles. The monoisotopic (exact) mass is 228 g/mol. The Morgan fingerprint density at radius 1 is 1.50 bits per heavy atom. The van der Waals surface area contributed by atoms with Gasteiger partial charge in [-0.1, -0.05) is 0 Å². The predicted octanol–water partition coefficient (Wildman–Crippen LogP) is -0.484. The molecule has 0 saturated carbocycles. The Balaban J connectivity index is 1.76. The maximum absolute atomic E-state index is 11.8. The van der Waals surface area contributed by atoms with Crippen molar-refractivity contribution in [2.24, 2.45) is 5.92 Å². The minimum Gasteiger partial charge on any atom is -0.381 e. The van der Waals surface area contributed by atoms with Crippen molar-refractivity contribution in [3.8, 4) is 0 Å². The summed E-state index contributed by atoms with van der Waals surface area (Å²) in [7, 11) is 0. The van der Waals surface area contributed by atoms with Crippen LogP contribution >= 0.6 is 0 Å². The van der Waals surface area contributed by atoms with Crippen molar-refractivity contribution < 1.29 is 14.3 Å². The van der Waals surface area contributed by atoms with Crippen molar-refractivity contribution in [1.29, 1.82) is 0 Å². The molecule has 2 aliphatic rings. The van der Waals surface area contributed by atoms with Gasteiger partial charge < -0.3 is 20.1 Å². The maximum atomic E-state index is 11.8. The second kappa shape index (κ2) is 5.61. The lowest BCUT2D eigenvalue weighted by Crippen LogP contribution is -2.51. The van der Waals surface area contributed by atoms with E-state index in [9.17, 15) is 4.79 Å². The number of carbonyl (C=O) groups is 1. The first-order valence-electron chi connectivity index (χ1n) is 5.98. The lowest BCUT2D eigenvalue weighted by Gasteiger charge is -2.26. The topological polar surface area (TPSA) is 59.6 Å². The number of amides is 1. The van der Waals surface area contributed by atoms with Crippen LogP contribution in [0.4, 0.5) is 0 Å². The van der Waals surface area contributed by atoms with Gasteiger partial charge in [0.2, 0.25) is 0 Å². The summed E-state index contributed by atoms with van der Waals surface area (Å²) in [5.41, 5.74) is 0. The van der Waals surface area contributed by atoms with Crippen LogP contribution in [0.2, 0.25) is 0 Å². The predicted molar refractivity (Wildman–Crippen MR) is 59.1 cm³/mol. The number of ether oxygens (including phenoxy) is 2. The van der Waals surface area contributed by atoms with E-state index in [-0.39, 0.29) is 18.1 Å². The van der Waals surface area contributed by atoms with Crippen LogP contribution in [0.5, 0.6) is 0 Å². The van der Waals surface area contributed by atoms with E-state index in [4.69, 9.17) is 9.47 Å². The second-order valence-electron chi connectivity index (χ2n) is 4.48. The Kier molecular flexibility index (Phi) is 4.15. The summed E-state index contributed by atoms with van der Waals surface area (Å²) in [5, 5.41) is 6.16. The van der Waals surface area contributed by atoms with Crippen LogP contribution in [0.1, 0.15) is 13.3 Å². The van der Waals surface area contributed by atoms with E-state index in [0.29, 0.717) is 19.1 Å². The van der Waals surface area contributed by atoms with Crippen LogP contribution in [0.3, 0.4) is 0 Å². The van der Waals surface area contributed by atoms with Crippen molar-refractivity contribution in [2.75, 3.05) is 32.9 Å². The summed E-state index contributed by atoms with van der Waals surface area (Å²) in [5.74, 6) is 0.437. The number of morpholine rings is 1. The maximum Gasteiger partial charge on any atom is 0.250 e. The van der Waals surface area contributed by atoms with Gasteiger partial charge in [0.15, 0.2) is 0 Å². The van der Waals surface area contributed by atoms with Crippen LogP contribution in [-0.4, -0.2) is 51.0 Å². The van der Waals surface area contributed by atoms with Gasteiger partial charge in [-0.25, -0.2) is 0 Å². The zero-order valence-corrected chi connectivity index (χ0v) is 9.70. The van der Waals surface area contributed by atoms with Gasteiger partial charge in [-0.3, -0.25) is 4.79 Å². The highest BCUT2D eigenvalue weighted by molar-refractivity contribution is 5.81. The molecule has 0 aromatic carbocycles. The van der Waals surface area contributed by atoms with Gasteiger partial charge in [0.1, 0.15) is 6.10 Å². The Labute approximate surface area is 95.9 Å². The number of carbonyl (C=O) groups excluding carboxylic acids is 1. The third-order valence-corrected chi connectivity index (χ3v) is 3.26. The molecule has 5 heteroatoms. The lowest BCUT2D eigenvalue weighted by atomic mass is 10.0. The van der Waals surface area contributed by atoms with Crippen molar-refractivity contribution >= 4 is 5.91 Å². The van der Waals surface area contributed by atoms with Gasteiger partial charge in [-0.2, -0.15) is 0 Å². The molecular weight excluding hydrogens is 208 g/mol. The van der Waals surface area contributed by atoms with Gasteiger partial charge >= 0.3 is 0 Å². The third kappa shape index (κ3) is 2.93. The molecule has 2 rings (SSSR count). The molecule has 2 aliphatic heterocycles. The highest BCUT2D eigenvalue weighted by Gasteiger charge is 2.27. The molecule has 2 N–H and O–H groups in total. The molecular formula is C11H20N2O3. The number of nitrogens with one attached hydrogen (secondary N) is 2. The Morgan fingerprint density at radius 2 is 2.38 bits per heavy atom. The van der Waals surface area contributed by atoms with Crippen LogP contribution < -0.4 is 10.6 Å². The molecule has 0 spiro atoms. The van der Waals surface area contributed by atoms with E-state index in [1.807, 2.05) is 6.92 Å². The minimum absolute atomic E-state index is 0.00778. The summed E-state index contributed by atoms with van der Waals surface area (Å²) in [6, 6.07) is 0.167.